The Morgan fingerprint density at radius 1 is 1.77 bits per heavy atom. The van der Waals surface area contributed by atoms with Gasteiger partial charge >= 0.3 is 0 Å². The molecule has 1 amide bonds. The molecular weight excluding hydrogens is 190 g/mol. The molecule has 0 atom stereocenters. The maximum absolute atomic E-state index is 10.8. The number of aromatic nitrogens is 2. The van der Waals surface area contributed by atoms with Crippen molar-refractivity contribution in [2.24, 2.45) is 7.05 Å². The summed E-state index contributed by atoms with van der Waals surface area (Å²) in [5.41, 5.74) is 1.94. The third-order valence-corrected chi connectivity index (χ3v) is 1.96. The van der Waals surface area contributed by atoms with Gasteiger partial charge < -0.3 is 5.32 Å². The monoisotopic (exact) mass is 201 g/mol. The SMILES string of the molecule is Cc1nn(C)cc1CNC(=O)CCl. The lowest BCUT2D eigenvalue weighted by atomic mass is 10.2. The van der Waals surface area contributed by atoms with Crippen LogP contribution >= 0.6 is 11.6 Å². The summed E-state index contributed by atoms with van der Waals surface area (Å²) in [6.07, 6.45) is 1.88. The molecule has 0 saturated heterocycles. The first kappa shape index (κ1) is 10.1. The number of nitrogens with one attached hydrogen (secondary N) is 1. The Morgan fingerprint density at radius 2 is 2.46 bits per heavy atom. The molecule has 0 aromatic carbocycles. The maximum Gasteiger partial charge on any atom is 0.235 e. The molecule has 1 aromatic heterocycles. The Hall–Kier alpha value is -1.03. The van der Waals surface area contributed by atoms with Crippen molar-refractivity contribution >= 4 is 17.5 Å². The van der Waals surface area contributed by atoms with Crippen LogP contribution in [0, 0.1) is 6.92 Å². The van der Waals surface area contributed by atoms with Crippen LogP contribution in [0.2, 0.25) is 0 Å². The van der Waals surface area contributed by atoms with Crippen LogP contribution in [0.15, 0.2) is 6.20 Å². The van der Waals surface area contributed by atoms with Gasteiger partial charge in [-0.1, -0.05) is 0 Å². The molecule has 4 nitrogen and oxygen atoms in total. The fourth-order valence-corrected chi connectivity index (χ4v) is 1.16. The standard InChI is InChI=1S/C8H12ClN3O/c1-6-7(5-12(2)11-6)4-10-8(13)3-9/h5H,3-4H2,1-2H3,(H,10,13). The van der Waals surface area contributed by atoms with Crippen molar-refractivity contribution in [3.05, 3.63) is 17.5 Å². The summed E-state index contributed by atoms with van der Waals surface area (Å²) in [6.45, 7) is 2.40. The van der Waals surface area contributed by atoms with Crippen LogP contribution in [0.4, 0.5) is 0 Å². The van der Waals surface area contributed by atoms with E-state index in [1.165, 1.54) is 0 Å². The van der Waals surface area contributed by atoms with Crippen LogP contribution in [0.5, 0.6) is 0 Å². The predicted octanol–water partition coefficient (Wildman–Crippen LogP) is 0.584. The van der Waals surface area contributed by atoms with Gasteiger partial charge in [0, 0.05) is 25.4 Å². The van der Waals surface area contributed by atoms with Crippen molar-refractivity contribution in [1.29, 1.82) is 0 Å². The first-order valence-electron chi connectivity index (χ1n) is 3.95. The molecule has 13 heavy (non-hydrogen) atoms. The van der Waals surface area contributed by atoms with Gasteiger partial charge in [-0.05, 0) is 6.92 Å². The molecule has 0 saturated carbocycles. The van der Waals surface area contributed by atoms with Crippen LogP contribution in [0.25, 0.3) is 0 Å². The first-order chi connectivity index (χ1) is 6.13. The fraction of sp³-hybridized carbons (Fsp3) is 0.500. The molecule has 0 unspecified atom stereocenters. The summed E-state index contributed by atoms with van der Waals surface area (Å²) in [5, 5.41) is 6.83. The lowest BCUT2D eigenvalue weighted by molar-refractivity contribution is -0.118. The van der Waals surface area contributed by atoms with Crippen LogP contribution < -0.4 is 5.32 Å². The van der Waals surface area contributed by atoms with Crippen molar-refractivity contribution in [2.45, 2.75) is 13.5 Å². The summed E-state index contributed by atoms with van der Waals surface area (Å²) in [5.74, 6) is -0.163. The van der Waals surface area contributed by atoms with E-state index >= 15 is 0 Å². The van der Waals surface area contributed by atoms with Crippen LogP contribution in [-0.2, 0) is 18.4 Å². The van der Waals surface area contributed by atoms with Gasteiger partial charge in [0.25, 0.3) is 0 Å². The second kappa shape index (κ2) is 4.28. The molecule has 0 spiro atoms. The molecule has 72 valence electrons. The van der Waals surface area contributed by atoms with Gasteiger partial charge in [-0.2, -0.15) is 5.10 Å². The second-order valence-electron chi connectivity index (χ2n) is 2.82. The van der Waals surface area contributed by atoms with Crippen LogP contribution in [-0.4, -0.2) is 21.6 Å². The van der Waals surface area contributed by atoms with E-state index in [4.69, 9.17) is 11.6 Å². The van der Waals surface area contributed by atoms with Crippen LogP contribution in [0.1, 0.15) is 11.3 Å². The number of hydrogen-bond donors (Lipinski definition) is 1. The number of carbonyl (C=O) groups is 1. The lowest BCUT2D eigenvalue weighted by Gasteiger charge is -2.00. The van der Waals surface area contributed by atoms with Gasteiger partial charge in [-0.15, -0.1) is 11.6 Å². The van der Waals surface area contributed by atoms with E-state index in [0.717, 1.165) is 11.3 Å². The number of hydrogen-bond acceptors (Lipinski definition) is 2. The Morgan fingerprint density at radius 3 is 2.92 bits per heavy atom. The molecule has 0 aliphatic rings. The summed E-state index contributed by atoms with van der Waals surface area (Å²) >= 11 is 5.33. The molecule has 1 N–H and O–H groups in total. The second-order valence-corrected chi connectivity index (χ2v) is 3.09. The number of amides is 1. The van der Waals surface area contributed by atoms with Crippen LogP contribution in [0.3, 0.4) is 0 Å². The van der Waals surface area contributed by atoms with E-state index < -0.39 is 0 Å². The summed E-state index contributed by atoms with van der Waals surface area (Å²) in [4.78, 5) is 10.8. The average Bonchev–Trinajstić information content (AvgIpc) is 2.41. The van der Waals surface area contributed by atoms with E-state index in [-0.39, 0.29) is 11.8 Å². The van der Waals surface area contributed by atoms with Crippen molar-refractivity contribution in [2.75, 3.05) is 5.88 Å². The van der Waals surface area contributed by atoms with Crippen molar-refractivity contribution < 1.29 is 4.79 Å². The number of nitrogens with zero attached hydrogens (tertiary/aromatic N) is 2. The van der Waals surface area contributed by atoms with Crippen molar-refractivity contribution in [3.63, 3.8) is 0 Å². The highest BCUT2D eigenvalue weighted by atomic mass is 35.5. The third kappa shape index (κ3) is 2.73. The minimum atomic E-state index is -0.162. The number of rotatable bonds is 3. The largest absolute Gasteiger partial charge is 0.351 e. The van der Waals surface area contributed by atoms with Gasteiger partial charge in [0.15, 0.2) is 0 Å². The summed E-state index contributed by atoms with van der Waals surface area (Å²) in [6, 6.07) is 0. The van der Waals surface area contributed by atoms with E-state index in [2.05, 4.69) is 10.4 Å². The first-order valence-corrected chi connectivity index (χ1v) is 4.48. The molecule has 0 aliphatic heterocycles. The smallest absolute Gasteiger partial charge is 0.235 e. The molecule has 0 bridgehead atoms. The molecule has 1 aromatic rings. The highest BCUT2D eigenvalue weighted by molar-refractivity contribution is 6.27. The topological polar surface area (TPSA) is 46.9 Å². The Kier molecular flexibility index (Phi) is 3.31. The number of halogens is 1. The average molecular weight is 202 g/mol. The van der Waals surface area contributed by atoms with Gasteiger partial charge in [-0.3, -0.25) is 9.48 Å². The molecule has 0 fully saturated rings. The molecule has 0 radical (unpaired) electrons. The Bertz CT molecular complexity index is 308. The van der Waals surface area contributed by atoms with Gasteiger partial charge in [-0.25, -0.2) is 0 Å². The summed E-state index contributed by atoms with van der Waals surface area (Å²) < 4.78 is 1.72. The highest BCUT2D eigenvalue weighted by Crippen LogP contribution is 2.03. The summed E-state index contributed by atoms with van der Waals surface area (Å²) in [7, 11) is 1.85. The number of carbonyl (C=O) groups excluding carboxylic acids is 1. The molecule has 5 heteroatoms. The number of aryl methyl sites for hydroxylation is 2. The van der Waals surface area contributed by atoms with E-state index in [1.54, 1.807) is 4.68 Å². The van der Waals surface area contributed by atoms with Crippen molar-refractivity contribution in [1.82, 2.24) is 15.1 Å². The lowest BCUT2D eigenvalue weighted by Crippen LogP contribution is -2.23. The predicted molar refractivity (Wildman–Crippen MR) is 50.5 cm³/mol. The van der Waals surface area contributed by atoms with E-state index in [9.17, 15) is 4.79 Å². The number of alkyl halides is 1. The highest BCUT2D eigenvalue weighted by Gasteiger charge is 2.04. The minimum absolute atomic E-state index is 0.000685. The molecule has 0 aliphatic carbocycles. The Labute approximate surface area is 81.9 Å². The zero-order chi connectivity index (χ0) is 9.84. The van der Waals surface area contributed by atoms with Gasteiger partial charge in [0.1, 0.15) is 5.88 Å². The zero-order valence-corrected chi connectivity index (χ0v) is 8.43. The normalized spacial score (nSPS) is 10.1. The maximum atomic E-state index is 10.8. The van der Waals surface area contributed by atoms with Gasteiger partial charge in [0.2, 0.25) is 5.91 Å². The molecule has 1 rings (SSSR count). The quantitative estimate of drug-likeness (QED) is 0.728. The Balaban J connectivity index is 2.54. The molecule has 1 heterocycles. The third-order valence-electron chi connectivity index (χ3n) is 1.71. The van der Waals surface area contributed by atoms with Gasteiger partial charge in [0.05, 0.1) is 5.69 Å². The van der Waals surface area contributed by atoms with E-state index in [0.29, 0.717) is 6.54 Å². The minimum Gasteiger partial charge on any atom is -0.351 e. The molecular formula is C8H12ClN3O. The van der Waals surface area contributed by atoms with E-state index in [1.807, 2.05) is 20.2 Å². The zero-order valence-electron chi connectivity index (χ0n) is 7.67. The fourth-order valence-electron chi connectivity index (χ4n) is 1.06. The van der Waals surface area contributed by atoms with Crippen molar-refractivity contribution in [3.8, 4) is 0 Å².